The Balaban J connectivity index is 1.45. The largest absolute Gasteiger partial charge is 0.376 e. The third-order valence-electron chi connectivity index (χ3n) is 5.50. The fourth-order valence-corrected chi connectivity index (χ4v) is 5.46. The van der Waals surface area contributed by atoms with Crippen LogP contribution in [-0.2, 0) is 16.1 Å². The van der Waals surface area contributed by atoms with Gasteiger partial charge in [-0.1, -0.05) is 37.1 Å². The molecule has 9 heteroatoms. The number of hydrogen-bond donors (Lipinski definition) is 1. The number of nitrogens with one attached hydrogen (secondary N) is 1. The molecule has 0 aromatic carbocycles. The van der Waals surface area contributed by atoms with Gasteiger partial charge in [0.1, 0.15) is 5.54 Å². The predicted octanol–water partition coefficient (Wildman–Crippen LogP) is 3.62. The maximum Gasteiger partial charge on any atom is 0.231 e. The molecule has 2 aromatic rings. The van der Waals surface area contributed by atoms with Crippen molar-refractivity contribution in [3.63, 3.8) is 0 Å². The topological polar surface area (TPSA) is 92.8 Å². The summed E-state index contributed by atoms with van der Waals surface area (Å²) in [6.07, 6.45) is 6.82. The van der Waals surface area contributed by atoms with Crippen LogP contribution in [0.15, 0.2) is 22.7 Å². The van der Waals surface area contributed by atoms with Crippen molar-refractivity contribution in [2.24, 2.45) is 0 Å². The molecule has 2 aromatic heterocycles. The molecule has 4 rings (SSSR count). The second-order valence-electron chi connectivity index (χ2n) is 7.62. The minimum Gasteiger partial charge on any atom is -0.376 e. The van der Waals surface area contributed by atoms with Gasteiger partial charge in [0, 0.05) is 6.61 Å². The van der Waals surface area contributed by atoms with Gasteiger partial charge in [-0.25, -0.2) is 0 Å². The van der Waals surface area contributed by atoms with Gasteiger partial charge in [-0.05, 0) is 37.1 Å². The first-order valence-corrected chi connectivity index (χ1v) is 12.0. The number of thiophene rings is 1. The second kappa shape index (κ2) is 9.28. The van der Waals surface area contributed by atoms with Crippen molar-refractivity contribution in [1.82, 2.24) is 20.1 Å². The molecule has 3 heterocycles. The van der Waals surface area contributed by atoms with E-state index in [0.29, 0.717) is 11.7 Å². The summed E-state index contributed by atoms with van der Waals surface area (Å²) < 4.78 is 7.88. The third-order valence-corrected chi connectivity index (χ3v) is 7.33. The van der Waals surface area contributed by atoms with Crippen LogP contribution in [0.4, 0.5) is 0 Å². The summed E-state index contributed by atoms with van der Waals surface area (Å²) in [5, 5.41) is 24.0. The minimum atomic E-state index is -0.705. The van der Waals surface area contributed by atoms with Crippen LogP contribution in [0.5, 0.6) is 0 Å². The van der Waals surface area contributed by atoms with Crippen LogP contribution in [0.25, 0.3) is 10.7 Å². The maximum atomic E-state index is 12.6. The first-order valence-electron chi connectivity index (χ1n) is 10.1. The molecule has 29 heavy (non-hydrogen) atoms. The average molecular weight is 432 g/mol. The fourth-order valence-electron chi connectivity index (χ4n) is 3.99. The van der Waals surface area contributed by atoms with Crippen LogP contribution in [0.2, 0.25) is 0 Å². The maximum absolute atomic E-state index is 12.6. The van der Waals surface area contributed by atoms with E-state index in [2.05, 4.69) is 26.2 Å². The summed E-state index contributed by atoms with van der Waals surface area (Å²) in [7, 11) is 0. The Bertz CT molecular complexity index is 862. The van der Waals surface area contributed by atoms with Gasteiger partial charge >= 0.3 is 0 Å². The zero-order valence-electron chi connectivity index (χ0n) is 16.3. The lowest BCUT2D eigenvalue weighted by Gasteiger charge is -2.31. The third kappa shape index (κ3) is 4.82. The highest BCUT2D eigenvalue weighted by Crippen LogP contribution is 2.30. The summed E-state index contributed by atoms with van der Waals surface area (Å²) in [6.45, 7) is 1.48. The number of carbonyl (C=O) groups excluding carboxylic acids is 1. The zero-order valence-corrected chi connectivity index (χ0v) is 17.9. The normalized spacial score (nSPS) is 21.0. The number of thioether (sulfide) groups is 1. The summed E-state index contributed by atoms with van der Waals surface area (Å²) in [4.78, 5) is 13.6. The van der Waals surface area contributed by atoms with E-state index >= 15 is 0 Å². The van der Waals surface area contributed by atoms with Gasteiger partial charge in [0.25, 0.3) is 0 Å². The number of hydrogen-bond acceptors (Lipinski definition) is 7. The standard InChI is InChI=1S/C20H25N5O2S2/c21-14-20(8-2-1-3-9-20)22-17(26)13-29-19-24-23-18(16-7-5-11-28-16)25(19)12-15-6-4-10-27-15/h5,7,11,15H,1-4,6,8-10,12-13H2,(H,22,26). The van der Waals surface area contributed by atoms with Crippen LogP contribution in [0.1, 0.15) is 44.9 Å². The molecule has 154 valence electrons. The monoisotopic (exact) mass is 431 g/mol. The zero-order chi connectivity index (χ0) is 20.1. The van der Waals surface area contributed by atoms with E-state index in [-0.39, 0.29) is 17.8 Å². The number of rotatable bonds is 7. The van der Waals surface area contributed by atoms with Crippen molar-refractivity contribution in [2.45, 2.75) is 68.3 Å². The van der Waals surface area contributed by atoms with Crippen molar-refractivity contribution in [1.29, 1.82) is 5.26 Å². The number of ether oxygens (including phenoxy) is 1. The van der Waals surface area contributed by atoms with E-state index in [4.69, 9.17) is 4.74 Å². The highest BCUT2D eigenvalue weighted by molar-refractivity contribution is 7.99. The lowest BCUT2D eigenvalue weighted by Crippen LogP contribution is -2.49. The van der Waals surface area contributed by atoms with E-state index in [9.17, 15) is 10.1 Å². The SMILES string of the molecule is N#CC1(NC(=O)CSc2nnc(-c3cccs3)n2CC2CCCO2)CCCCC1. The minimum absolute atomic E-state index is 0.122. The highest BCUT2D eigenvalue weighted by atomic mass is 32.2. The molecular weight excluding hydrogens is 406 g/mol. The first-order chi connectivity index (χ1) is 14.2. The van der Waals surface area contributed by atoms with Gasteiger partial charge in [-0.15, -0.1) is 21.5 Å². The van der Waals surface area contributed by atoms with Crippen molar-refractivity contribution in [2.75, 3.05) is 12.4 Å². The van der Waals surface area contributed by atoms with Crippen LogP contribution >= 0.6 is 23.1 Å². The molecule has 0 spiro atoms. The Morgan fingerprint density at radius 3 is 2.93 bits per heavy atom. The molecule has 1 saturated heterocycles. The molecule has 1 saturated carbocycles. The molecule has 2 aliphatic rings. The Kier molecular flexibility index (Phi) is 6.53. The fraction of sp³-hybridized carbons (Fsp3) is 0.600. The van der Waals surface area contributed by atoms with Crippen LogP contribution in [0.3, 0.4) is 0 Å². The van der Waals surface area contributed by atoms with E-state index < -0.39 is 5.54 Å². The number of nitrogens with zero attached hydrogens (tertiary/aromatic N) is 4. The molecule has 1 unspecified atom stereocenters. The van der Waals surface area contributed by atoms with Crippen LogP contribution < -0.4 is 5.32 Å². The Morgan fingerprint density at radius 2 is 2.24 bits per heavy atom. The molecule has 1 aliphatic carbocycles. The summed E-state index contributed by atoms with van der Waals surface area (Å²) in [5.74, 6) is 0.916. The van der Waals surface area contributed by atoms with Gasteiger partial charge in [0.15, 0.2) is 11.0 Å². The van der Waals surface area contributed by atoms with E-state index in [1.54, 1.807) is 11.3 Å². The molecule has 1 amide bonds. The first kappa shape index (κ1) is 20.4. The van der Waals surface area contributed by atoms with Gasteiger partial charge in [-0.2, -0.15) is 5.26 Å². The van der Waals surface area contributed by atoms with Crippen molar-refractivity contribution in [3.05, 3.63) is 17.5 Å². The Hall–Kier alpha value is -1.89. The van der Waals surface area contributed by atoms with Crippen molar-refractivity contribution in [3.8, 4) is 16.8 Å². The smallest absolute Gasteiger partial charge is 0.231 e. The molecule has 1 aliphatic heterocycles. The van der Waals surface area contributed by atoms with Gasteiger partial charge in [-0.3, -0.25) is 9.36 Å². The number of carbonyl (C=O) groups is 1. The predicted molar refractivity (Wildman–Crippen MR) is 113 cm³/mol. The number of nitriles is 1. The quantitative estimate of drug-likeness (QED) is 0.673. The number of amides is 1. The van der Waals surface area contributed by atoms with Crippen LogP contribution in [0, 0.1) is 11.3 Å². The lowest BCUT2D eigenvalue weighted by molar-refractivity contribution is -0.120. The van der Waals surface area contributed by atoms with E-state index in [1.807, 2.05) is 17.5 Å². The summed E-state index contributed by atoms with van der Waals surface area (Å²) in [5.41, 5.74) is -0.705. The molecule has 1 atom stereocenters. The molecule has 2 fully saturated rings. The summed E-state index contributed by atoms with van der Waals surface area (Å²) in [6, 6.07) is 6.37. The Labute approximate surface area is 178 Å². The van der Waals surface area contributed by atoms with Crippen LogP contribution in [-0.4, -0.2) is 44.7 Å². The molecule has 0 bridgehead atoms. The molecular formula is C20H25N5O2S2. The Morgan fingerprint density at radius 1 is 1.38 bits per heavy atom. The average Bonchev–Trinajstić information content (AvgIpc) is 3.50. The lowest BCUT2D eigenvalue weighted by atomic mass is 9.83. The van der Waals surface area contributed by atoms with Crippen molar-refractivity contribution >= 4 is 29.0 Å². The van der Waals surface area contributed by atoms with Gasteiger partial charge in [0.05, 0.1) is 29.3 Å². The second-order valence-corrected chi connectivity index (χ2v) is 9.51. The molecule has 0 radical (unpaired) electrons. The van der Waals surface area contributed by atoms with Crippen molar-refractivity contribution < 1.29 is 9.53 Å². The highest BCUT2D eigenvalue weighted by Gasteiger charge is 2.33. The summed E-state index contributed by atoms with van der Waals surface area (Å²) >= 11 is 2.99. The molecule has 7 nitrogen and oxygen atoms in total. The molecule has 1 N–H and O–H groups in total. The van der Waals surface area contributed by atoms with E-state index in [0.717, 1.165) is 62.3 Å². The van der Waals surface area contributed by atoms with Gasteiger partial charge in [0.2, 0.25) is 5.91 Å². The van der Waals surface area contributed by atoms with Gasteiger partial charge < -0.3 is 10.1 Å². The number of aromatic nitrogens is 3. The van der Waals surface area contributed by atoms with E-state index in [1.165, 1.54) is 11.8 Å².